The van der Waals surface area contributed by atoms with E-state index in [2.05, 4.69) is 31.0 Å². The minimum absolute atomic E-state index is 0.0341. The van der Waals surface area contributed by atoms with Gasteiger partial charge in [0.1, 0.15) is 0 Å². The molecule has 0 heterocycles. The van der Waals surface area contributed by atoms with Gasteiger partial charge in [-0.05, 0) is 25.0 Å². The van der Waals surface area contributed by atoms with E-state index in [1.165, 1.54) is 0 Å². The third-order valence-electron chi connectivity index (χ3n) is 3.49. The molecule has 0 spiro atoms. The third-order valence-corrected chi connectivity index (χ3v) is 3.49. The summed E-state index contributed by atoms with van der Waals surface area (Å²) in [4.78, 5) is 12.3. The molecule has 0 aliphatic rings. The molecule has 0 saturated carbocycles. The first kappa shape index (κ1) is 16.3. The number of carbonyl (C=O) groups is 1. The molecule has 2 atom stereocenters. The van der Waals surface area contributed by atoms with E-state index in [4.69, 9.17) is 5.11 Å². The zero-order valence-electron chi connectivity index (χ0n) is 12.4. The van der Waals surface area contributed by atoms with Crippen LogP contribution in [-0.4, -0.2) is 23.7 Å². The summed E-state index contributed by atoms with van der Waals surface area (Å²) in [7, 11) is 0. The maximum Gasteiger partial charge on any atom is 0.252 e. The van der Waals surface area contributed by atoms with E-state index in [9.17, 15) is 4.79 Å². The molecule has 1 rings (SSSR count). The summed E-state index contributed by atoms with van der Waals surface area (Å²) >= 11 is 0. The minimum Gasteiger partial charge on any atom is -0.395 e. The second-order valence-corrected chi connectivity index (χ2v) is 4.97. The van der Waals surface area contributed by atoms with Crippen LogP contribution in [0.5, 0.6) is 0 Å². The Bertz CT molecular complexity index is 499. The van der Waals surface area contributed by atoms with Crippen LogP contribution in [0.3, 0.4) is 0 Å². The third kappa shape index (κ3) is 4.71. The highest BCUT2D eigenvalue weighted by Gasteiger charge is 2.15. The first-order valence-corrected chi connectivity index (χ1v) is 7.09. The fourth-order valence-corrected chi connectivity index (χ4v) is 1.78. The maximum absolute atomic E-state index is 12.3. The quantitative estimate of drug-likeness (QED) is 0.810. The predicted octanol–water partition coefficient (Wildman–Crippen LogP) is 2.58. The summed E-state index contributed by atoms with van der Waals surface area (Å²) in [5.74, 6) is 6.14. The molecule has 2 N–H and O–H groups in total. The van der Waals surface area contributed by atoms with Crippen molar-refractivity contribution in [3.8, 4) is 11.8 Å². The van der Waals surface area contributed by atoms with Crippen molar-refractivity contribution in [2.45, 2.75) is 39.7 Å². The lowest BCUT2D eigenvalue weighted by Crippen LogP contribution is -2.37. The molecule has 0 fully saturated rings. The molecule has 3 nitrogen and oxygen atoms in total. The first-order chi connectivity index (χ1) is 9.60. The lowest BCUT2D eigenvalue weighted by Gasteiger charge is -2.20. The van der Waals surface area contributed by atoms with Gasteiger partial charge in [0.15, 0.2) is 0 Å². The number of hydrogen-bond donors (Lipinski definition) is 2. The Morgan fingerprint density at radius 1 is 1.35 bits per heavy atom. The SMILES string of the molecule is CCC(C)C(C)NC(=O)c1ccccc1C#CCCO. The lowest BCUT2D eigenvalue weighted by atomic mass is 10.00. The van der Waals surface area contributed by atoms with Crippen LogP contribution in [-0.2, 0) is 0 Å². The molecule has 0 aromatic heterocycles. The van der Waals surface area contributed by atoms with Gasteiger partial charge in [-0.1, -0.05) is 44.2 Å². The van der Waals surface area contributed by atoms with E-state index in [0.717, 1.165) is 6.42 Å². The number of aliphatic hydroxyl groups excluding tert-OH is 1. The van der Waals surface area contributed by atoms with E-state index in [-0.39, 0.29) is 18.6 Å². The molecule has 108 valence electrons. The largest absolute Gasteiger partial charge is 0.395 e. The number of amides is 1. The van der Waals surface area contributed by atoms with Crippen molar-refractivity contribution in [3.05, 3.63) is 35.4 Å². The highest BCUT2D eigenvalue weighted by Crippen LogP contribution is 2.11. The fourth-order valence-electron chi connectivity index (χ4n) is 1.78. The van der Waals surface area contributed by atoms with Gasteiger partial charge in [0.2, 0.25) is 0 Å². The Morgan fingerprint density at radius 2 is 2.05 bits per heavy atom. The van der Waals surface area contributed by atoms with Crippen LogP contribution in [0.15, 0.2) is 24.3 Å². The number of rotatable bonds is 5. The Hall–Kier alpha value is -1.79. The molecule has 0 saturated heterocycles. The zero-order valence-corrected chi connectivity index (χ0v) is 12.4. The van der Waals surface area contributed by atoms with E-state index in [1.807, 2.05) is 25.1 Å². The highest BCUT2D eigenvalue weighted by molar-refractivity contribution is 5.96. The normalized spacial score (nSPS) is 13.0. The van der Waals surface area contributed by atoms with Crippen LogP contribution in [0, 0.1) is 17.8 Å². The topological polar surface area (TPSA) is 49.3 Å². The molecule has 1 amide bonds. The number of carbonyl (C=O) groups excluding carboxylic acids is 1. The number of aliphatic hydroxyl groups is 1. The summed E-state index contributed by atoms with van der Waals surface area (Å²) < 4.78 is 0. The van der Waals surface area contributed by atoms with Crippen LogP contribution in [0.25, 0.3) is 0 Å². The molecule has 0 aliphatic carbocycles. The Balaban J connectivity index is 2.86. The van der Waals surface area contributed by atoms with Gasteiger partial charge < -0.3 is 10.4 Å². The summed E-state index contributed by atoms with van der Waals surface area (Å²) in [5.41, 5.74) is 1.29. The number of nitrogens with one attached hydrogen (secondary N) is 1. The van der Waals surface area contributed by atoms with Crippen molar-refractivity contribution in [2.24, 2.45) is 5.92 Å². The van der Waals surface area contributed by atoms with Crippen molar-refractivity contribution < 1.29 is 9.90 Å². The van der Waals surface area contributed by atoms with Crippen molar-refractivity contribution in [2.75, 3.05) is 6.61 Å². The number of hydrogen-bond acceptors (Lipinski definition) is 2. The average Bonchev–Trinajstić information content (AvgIpc) is 2.47. The van der Waals surface area contributed by atoms with Crippen LogP contribution in [0.1, 0.15) is 49.5 Å². The van der Waals surface area contributed by atoms with E-state index < -0.39 is 0 Å². The smallest absolute Gasteiger partial charge is 0.252 e. The second kappa shape index (κ2) is 8.39. The van der Waals surface area contributed by atoms with Crippen molar-refractivity contribution in [1.82, 2.24) is 5.32 Å². The van der Waals surface area contributed by atoms with Crippen molar-refractivity contribution >= 4 is 5.91 Å². The van der Waals surface area contributed by atoms with Gasteiger partial charge in [0.25, 0.3) is 5.91 Å². The van der Waals surface area contributed by atoms with Crippen LogP contribution < -0.4 is 5.32 Å². The van der Waals surface area contributed by atoms with Gasteiger partial charge in [-0.15, -0.1) is 0 Å². The average molecular weight is 273 g/mol. The molecule has 0 aliphatic heterocycles. The Kier molecular flexibility index (Phi) is 6.83. The van der Waals surface area contributed by atoms with Gasteiger partial charge in [-0.25, -0.2) is 0 Å². The van der Waals surface area contributed by atoms with E-state index >= 15 is 0 Å². The van der Waals surface area contributed by atoms with Gasteiger partial charge in [-0.3, -0.25) is 4.79 Å². The molecule has 0 radical (unpaired) electrons. The molecule has 0 bridgehead atoms. The Morgan fingerprint density at radius 3 is 2.70 bits per heavy atom. The molecule has 1 aromatic rings. The Labute approximate surface area is 121 Å². The van der Waals surface area contributed by atoms with Gasteiger partial charge >= 0.3 is 0 Å². The summed E-state index contributed by atoms with van der Waals surface area (Å²) in [5, 5.41) is 11.8. The summed E-state index contributed by atoms with van der Waals surface area (Å²) in [6.07, 6.45) is 1.44. The highest BCUT2D eigenvalue weighted by atomic mass is 16.2. The van der Waals surface area contributed by atoms with Gasteiger partial charge in [-0.2, -0.15) is 0 Å². The van der Waals surface area contributed by atoms with Gasteiger partial charge in [0, 0.05) is 18.0 Å². The zero-order chi connectivity index (χ0) is 15.0. The summed E-state index contributed by atoms with van der Waals surface area (Å²) in [6.45, 7) is 6.29. The maximum atomic E-state index is 12.3. The lowest BCUT2D eigenvalue weighted by molar-refractivity contribution is 0.0928. The first-order valence-electron chi connectivity index (χ1n) is 7.09. The van der Waals surface area contributed by atoms with Crippen LogP contribution in [0.2, 0.25) is 0 Å². The predicted molar refractivity (Wildman–Crippen MR) is 81.4 cm³/mol. The van der Waals surface area contributed by atoms with E-state index in [0.29, 0.717) is 23.5 Å². The standard InChI is InChI=1S/C17H23NO2/c1-4-13(2)14(3)18-17(20)16-11-6-5-9-15(16)10-7-8-12-19/h5-6,9,11,13-14,19H,4,8,12H2,1-3H3,(H,18,20). The fraction of sp³-hybridized carbons (Fsp3) is 0.471. The molecule has 20 heavy (non-hydrogen) atoms. The molecular weight excluding hydrogens is 250 g/mol. The van der Waals surface area contributed by atoms with Crippen LogP contribution in [0.4, 0.5) is 0 Å². The monoisotopic (exact) mass is 273 g/mol. The van der Waals surface area contributed by atoms with Crippen LogP contribution >= 0.6 is 0 Å². The minimum atomic E-state index is -0.0910. The van der Waals surface area contributed by atoms with Crippen molar-refractivity contribution in [1.29, 1.82) is 0 Å². The van der Waals surface area contributed by atoms with E-state index in [1.54, 1.807) is 6.07 Å². The molecule has 2 unspecified atom stereocenters. The summed E-state index contributed by atoms with van der Waals surface area (Å²) in [6, 6.07) is 7.43. The molecular formula is C17H23NO2. The molecule has 1 aromatic carbocycles. The van der Waals surface area contributed by atoms with Gasteiger partial charge in [0.05, 0.1) is 12.2 Å². The molecule has 3 heteroatoms. The number of benzene rings is 1. The second-order valence-electron chi connectivity index (χ2n) is 4.97. The van der Waals surface area contributed by atoms with Crippen molar-refractivity contribution in [3.63, 3.8) is 0 Å².